The number of rotatable bonds is 2. The fourth-order valence-corrected chi connectivity index (χ4v) is 2.99. The molecule has 2 aromatic carbocycles. The fourth-order valence-electron chi connectivity index (χ4n) is 2.28. The van der Waals surface area contributed by atoms with Gasteiger partial charge in [-0.25, -0.2) is 9.37 Å². The highest BCUT2D eigenvalue weighted by Crippen LogP contribution is 2.31. The molecule has 0 radical (unpaired) electrons. The van der Waals surface area contributed by atoms with Crippen LogP contribution in [0.4, 0.5) is 4.39 Å². The Bertz CT molecular complexity index is 845. The maximum atomic E-state index is 13.7. The van der Waals surface area contributed by atoms with Crippen molar-refractivity contribution in [2.75, 3.05) is 0 Å². The van der Waals surface area contributed by atoms with Gasteiger partial charge in [-0.05, 0) is 46.6 Å². The third kappa shape index (κ3) is 2.56. The predicted octanol–water partition coefficient (Wildman–Crippen LogP) is 5.63. The normalized spacial score (nSPS) is 11.3. The smallest absolute Gasteiger partial charge is 0.139 e. The summed E-state index contributed by atoms with van der Waals surface area (Å²) in [5.41, 5.74) is 3.15. The van der Waals surface area contributed by atoms with E-state index in [1.807, 2.05) is 29.7 Å². The van der Waals surface area contributed by atoms with Crippen molar-refractivity contribution in [3.05, 3.63) is 57.0 Å². The molecule has 0 saturated heterocycles. The van der Waals surface area contributed by atoms with Crippen LogP contribution in [0, 0.1) is 12.7 Å². The molecule has 21 heavy (non-hydrogen) atoms. The van der Waals surface area contributed by atoms with E-state index in [1.54, 1.807) is 6.07 Å². The number of benzene rings is 2. The van der Waals surface area contributed by atoms with Crippen molar-refractivity contribution < 1.29 is 4.39 Å². The predicted molar refractivity (Wildman–Crippen MR) is 88.0 cm³/mol. The molecule has 0 aliphatic carbocycles. The van der Waals surface area contributed by atoms with Gasteiger partial charge in [0.1, 0.15) is 11.6 Å². The fraction of sp³-hybridized carbons (Fsp3) is 0.133. The summed E-state index contributed by atoms with van der Waals surface area (Å²) in [5, 5.41) is 0.590. The number of hydrogen-bond acceptors (Lipinski definition) is 1. The van der Waals surface area contributed by atoms with Gasteiger partial charge in [0.05, 0.1) is 32.1 Å². The summed E-state index contributed by atoms with van der Waals surface area (Å²) in [7, 11) is 0. The van der Waals surface area contributed by atoms with Gasteiger partial charge in [-0.15, -0.1) is 11.6 Å². The number of fused-ring (bicyclic) bond motifs is 1. The van der Waals surface area contributed by atoms with E-state index < -0.39 is 0 Å². The van der Waals surface area contributed by atoms with Gasteiger partial charge in [0, 0.05) is 6.07 Å². The quantitative estimate of drug-likeness (QED) is 0.521. The van der Waals surface area contributed by atoms with Crippen LogP contribution in [0.15, 0.2) is 34.8 Å². The van der Waals surface area contributed by atoms with Crippen LogP contribution in [0.1, 0.15) is 11.4 Å². The van der Waals surface area contributed by atoms with Crippen LogP contribution in [0.2, 0.25) is 5.02 Å². The van der Waals surface area contributed by atoms with Crippen molar-refractivity contribution in [1.82, 2.24) is 9.55 Å². The zero-order chi connectivity index (χ0) is 15.1. The lowest BCUT2D eigenvalue weighted by molar-refractivity contribution is 0.623. The van der Waals surface area contributed by atoms with Crippen LogP contribution in [-0.4, -0.2) is 9.55 Å². The number of hydrogen-bond donors (Lipinski definition) is 0. The van der Waals surface area contributed by atoms with E-state index in [0.29, 0.717) is 20.8 Å². The van der Waals surface area contributed by atoms with Crippen molar-refractivity contribution in [3.8, 4) is 5.69 Å². The number of alkyl halides is 1. The highest BCUT2D eigenvalue weighted by molar-refractivity contribution is 9.10. The molecule has 0 amide bonds. The van der Waals surface area contributed by atoms with Crippen molar-refractivity contribution in [2.24, 2.45) is 0 Å². The van der Waals surface area contributed by atoms with Gasteiger partial charge >= 0.3 is 0 Å². The maximum absolute atomic E-state index is 13.7. The first-order valence-corrected chi connectivity index (χ1v) is 7.90. The molecule has 0 saturated carbocycles. The SMILES string of the molecule is Cc1ccc(Cl)c(-n2c(CCl)nc3cc(F)c(Br)cc32)c1. The van der Waals surface area contributed by atoms with Crippen LogP contribution in [0.5, 0.6) is 0 Å². The Labute approximate surface area is 139 Å². The van der Waals surface area contributed by atoms with Gasteiger partial charge in [-0.3, -0.25) is 4.57 Å². The van der Waals surface area contributed by atoms with Crippen LogP contribution in [0.25, 0.3) is 16.7 Å². The summed E-state index contributed by atoms with van der Waals surface area (Å²) >= 11 is 15.5. The highest BCUT2D eigenvalue weighted by atomic mass is 79.9. The van der Waals surface area contributed by atoms with E-state index in [2.05, 4.69) is 20.9 Å². The molecule has 1 aromatic heterocycles. The van der Waals surface area contributed by atoms with E-state index in [0.717, 1.165) is 16.8 Å². The Morgan fingerprint density at radius 1 is 1.29 bits per heavy atom. The zero-order valence-corrected chi connectivity index (χ0v) is 14.1. The van der Waals surface area contributed by atoms with Gasteiger partial charge in [0.25, 0.3) is 0 Å². The topological polar surface area (TPSA) is 17.8 Å². The second-order valence-corrected chi connectivity index (χ2v) is 6.24. The van der Waals surface area contributed by atoms with Crippen molar-refractivity contribution in [2.45, 2.75) is 12.8 Å². The van der Waals surface area contributed by atoms with Crippen LogP contribution >= 0.6 is 39.1 Å². The average Bonchev–Trinajstić information content (AvgIpc) is 2.79. The summed E-state index contributed by atoms with van der Waals surface area (Å²) in [5.74, 6) is 0.471. The number of aryl methyl sites for hydroxylation is 1. The maximum Gasteiger partial charge on any atom is 0.139 e. The molecular formula is C15H10BrCl2FN2. The van der Waals surface area contributed by atoms with Crippen LogP contribution in [0.3, 0.4) is 0 Å². The lowest BCUT2D eigenvalue weighted by atomic mass is 10.2. The average molecular weight is 388 g/mol. The summed E-state index contributed by atoms with van der Waals surface area (Å²) in [6.45, 7) is 1.98. The summed E-state index contributed by atoms with van der Waals surface area (Å²) in [6.07, 6.45) is 0. The number of nitrogens with zero attached hydrogens (tertiary/aromatic N) is 2. The highest BCUT2D eigenvalue weighted by Gasteiger charge is 2.16. The van der Waals surface area contributed by atoms with Crippen molar-refractivity contribution in [3.63, 3.8) is 0 Å². The first-order valence-electron chi connectivity index (χ1n) is 6.20. The third-order valence-corrected chi connectivity index (χ3v) is 4.39. The van der Waals surface area contributed by atoms with Crippen molar-refractivity contribution in [1.29, 1.82) is 0 Å². The number of aromatic nitrogens is 2. The largest absolute Gasteiger partial charge is 0.294 e. The molecule has 0 fully saturated rings. The minimum Gasteiger partial charge on any atom is -0.294 e. The Balaban J connectivity index is 2.40. The molecule has 0 N–H and O–H groups in total. The van der Waals surface area contributed by atoms with E-state index in [9.17, 15) is 4.39 Å². The van der Waals surface area contributed by atoms with Gasteiger partial charge in [0.2, 0.25) is 0 Å². The van der Waals surface area contributed by atoms with Gasteiger partial charge in [0.15, 0.2) is 0 Å². The van der Waals surface area contributed by atoms with Crippen LogP contribution in [-0.2, 0) is 5.88 Å². The Kier molecular flexibility index (Phi) is 3.95. The van der Waals surface area contributed by atoms with Crippen LogP contribution < -0.4 is 0 Å². The molecule has 3 aromatic rings. The molecular weight excluding hydrogens is 378 g/mol. The van der Waals surface area contributed by atoms with Gasteiger partial charge in [-0.1, -0.05) is 17.7 Å². The standard InChI is InChI=1S/C15H10BrCl2FN2/c1-8-2-3-10(18)13(4-8)21-14-5-9(16)11(19)6-12(14)20-15(21)7-17/h2-6H,7H2,1H3. The molecule has 0 spiro atoms. The molecule has 0 aliphatic rings. The summed E-state index contributed by atoms with van der Waals surface area (Å²) in [4.78, 5) is 4.39. The third-order valence-electron chi connectivity index (χ3n) is 3.23. The lowest BCUT2D eigenvalue weighted by Crippen LogP contribution is -2.00. The van der Waals surface area contributed by atoms with Gasteiger partial charge in [-0.2, -0.15) is 0 Å². The minimum absolute atomic E-state index is 0.207. The van der Waals surface area contributed by atoms with E-state index in [-0.39, 0.29) is 11.7 Å². The second-order valence-electron chi connectivity index (χ2n) is 4.71. The monoisotopic (exact) mass is 386 g/mol. The number of imidazole rings is 1. The van der Waals surface area contributed by atoms with E-state index in [1.165, 1.54) is 6.07 Å². The van der Waals surface area contributed by atoms with E-state index >= 15 is 0 Å². The summed E-state index contributed by atoms with van der Waals surface area (Å²) < 4.78 is 15.9. The molecule has 1 heterocycles. The lowest BCUT2D eigenvalue weighted by Gasteiger charge is -2.11. The van der Waals surface area contributed by atoms with Gasteiger partial charge < -0.3 is 0 Å². The molecule has 0 unspecified atom stereocenters. The second kappa shape index (κ2) is 5.59. The molecule has 6 heteroatoms. The van der Waals surface area contributed by atoms with E-state index in [4.69, 9.17) is 23.2 Å². The zero-order valence-electron chi connectivity index (χ0n) is 11.0. The Morgan fingerprint density at radius 2 is 2.05 bits per heavy atom. The summed E-state index contributed by atoms with van der Waals surface area (Å²) in [6, 6.07) is 8.79. The first kappa shape index (κ1) is 14.8. The Hall–Kier alpha value is -1.10. The molecule has 3 rings (SSSR count). The number of halogens is 4. The molecule has 0 atom stereocenters. The molecule has 108 valence electrons. The first-order chi connectivity index (χ1) is 10.0. The Morgan fingerprint density at radius 3 is 2.76 bits per heavy atom. The minimum atomic E-state index is -0.358. The molecule has 0 bridgehead atoms. The molecule has 2 nitrogen and oxygen atoms in total. The van der Waals surface area contributed by atoms with Crippen molar-refractivity contribution >= 4 is 50.2 Å². The molecule has 0 aliphatic heterocycles.